The molecule has 1 amide bonds. The molecule has 0 spiro atoms. The Kier molecular flexibility index (Phi) is 6.45. The van der Waals surface area contributed by atoms with E-state index in [4.69, 9.17) is 16.0 Å². The number of hydrogen-bond donors (Lipinski definition) is 1. The summed E-state index contributed by atoms with van der Waals surface area (Å²) in [6, 6.07) is 16.6. The minimum absolute atomic E-state index is 0.00545. The highest BCUT2D eigenvalue weighted by atomic mass is 35.5. The van der Waals surface area contributed by atoms with Crippen molar-refractivity contribution in [2.45, 2.75) is 12.8 Å². The summed E-state index contributed by atoms with van der Waals surface area (Å²) in [5.74, 6) is -0.311. The number of nitro groups is 1. The van der Waals surface area contributed by atoms with E-state index in [0.717, 1.165) is 33.0 Å². The van der Waals surface area contributed by atoms with E-state index in [1.807, 2.05) is 30.3 Å². The molecule has 0 bridgehead atoms. The molecule has 0 saturated heterocycles. The predicted molar refractivity (Wildman–Crippen MR) is 132 cm³/mol. The largest absolute Gasteiger partial charge is 0.456 e. The van der Waals surface area contributed by atoms with Gasteiger partial charge in [-0.15, -0.1) is 0 Å². The maximum Gasteiger partial charge on any atom is 0.271 e. The van der Waals surface area contributed by atoms with E-state index in [9.17, 15) is 23.3 Å². The third kappa shape index (κ3) is 4.97. The Bertz CT molecular complexity index is 1520. The van der Waals surface area contributed by atoms with E-state index in [-0.39, 0.29) is 41.7 Å². The highest BCUT2D eigenvalue weighted by Crippen LogP contribution is 2.32. The van der Waals surface area contributed by atoms with Crippen LogP contribution in [0, 0.1) is 10.1 Å². The monoisotopic (exact) mass is 501 g/mol. The molecule has 0 aliphatic rings. The van der Waals surface area contributed by atoms with Crippen molar-refractivity contribution < 1.29 is 22.6 Å². The van der Waals surface area contributed by atoms with Gasteiger partial charge in [-0.2, -0.15) is 0 Å². The molecule has 0 radical (unpaired) electrons. The highest BCUT2D eigenvalue weighted by molar-refractivity contribution is 7.92. The molecule has 1 aromatic heterocycles. The van der Waals surface area contributed by atoms with Gasteiger partial charge in [0.25, 0.3) is 5.69 Å². The van der Waals surface area contributed by atoms with Crippen LogP contribution in [0.3, 0.4) is 0 Å². The first-order chi connectivity index (χ1) is 16.1. The van der Waals surface area contributed by atoms with Gasteiger partial charge in [-0.1, -0.05) is 29.8 Å². The van der Waals surface area contributed by atoms with Gasteiger partial charge in [0.15, 0.2) is 0 Å². The molecule has 1 N–H and O–H groups in total. The number of carbonyl (C=O) groups is 1. The Morgan fingerprint density at radius 2 is 1.82 bits per heavy atom. The lowest BCUT2D eigenvalue weighted by atomic mass is 10.1. The molecular formula is C23H20ClN3O6S. The SMILES string of the molecule is CS(=O)(=O)N(CCCC(=O)Nc1ccc2c(c1)oc1ccccc12)c1cc([N+](=O)[O-])ccc1Cl. The number of nitrogens with zero attached hydrogens (tertiary/aromatic N) is 2. The van der Waals surface area contributed by atoms with Crippen LogP contribution in [-0.2, 0) is 14.8 Å². The van der Waals surface area contributed by atoms with E-state index >= 15 is 0 Å². The second kappa shape index (κ2) is 9.32. The molecule has 9 nitrogen and oxygen atoms in total. The fourth-order valence-electron chi connectivity index (χ4n) is 3.68. The second-order valence-electron chi connectivity index (χ2n) is 7.69. The molecule has 11 heteroatoms. The Balaban J connectivity index is 1.44. The standard InChI is InChI=1S/C23H20ClN3O6S/c1-34(31,32)26(20-14-16(27(29)30)9-11-19(20)24)12-4-7-23(28)25-15-8-10-18-17-5-2-3-6-21(17)33-22(18)13-15/h2-3,5-6,8-11,13-14H,4,7,12H2,1H3,(H,25,28). The van der Waals surface area contributed by atoms with Crippen molar-refractivity contribution in [2.24, 2.45) is 0 Å². The number of para-hydroxylation sites is 1. The van der Waals surface area contributed by atoms with E-state index in [1.54, 1.807) is 12.1 Å². The minimum Gasteiger partial charge on any atom is -0.456 e. The zero-order valence-electron chi connectivity index (χ0n) is 18.0. The van der Waals surface area contributed by atoms with Crippen molar-refractivity contribution in [3.63, 3.8) is 0 Å². The third-order valence-electron chi connectivity index (χ3n) is 5.24. The quantitative estimate of drug-likeness (QED) is 0.257. The number of sulfonamides is 1. The number of anilines is 2. The maximum atomic E-state index is 12.5. The molecule has 3 aromatic carbocycles. The van der Waals surface area contributed by atoms with Crippen molar-refractivity contribution in [3.8, 4) is 0 Å². The van der Waals surface area contributed by atoms with Gasteiger partial charge in [-0.25, -0.2) is 8.42 Å². The van der Waals surface area contributed by atoms with Gasteiger partial charge < -0.3 is 9.73 Å². The number of nitro benzene ring substituents is 1. The number of hydrogen-bond acceptors (Lipinski definition) is 6. The number of carbonyl (C=O) groups excluding carboxylic acids is 1. The van der Waals surface area contributed by atoms with Crippen LogP contribution >= 0.6 is 11.6 Å². The summed E-state index contributed by atoms with van der Waals surface area (Å²) in [5, 5.41) is 15.8. The van der Waals surface area contributed by atoms with E-state index in [2.05, 4.69) is 5.32 Å². The Morgan fingerprint density at radius 1 is 1.09 bits per heavy atom. The number of amides is 1. The summed E-state index contributed by atoms with van der Waals surface area (Å²) in [6.07, 6.45) is 1.17. The highest BCUT2D eigenvalue weighted by Gasteiger charge is 2.23. The fourth-order valence-corrected chi connectivity index (χ4v) is 4.92. The Hall–Kier alpha value is -3.63. The van der Waals surface area contributed by atoms with Gasteiger partial charge in [0.2, 0.25) is 15.9 Å². The zero-order valence-corrected chi connectivity index (χ0v) is 19.6. The Labute approximate surface area is 200 Å². The predicted octanol–water partition coefficient (Wildman–Crippen LogP) is 5.33. The van der Waals surface area contributed by atoms with Crippen LogP contribution in [-0.4, -0.2) is 32.0 Å². The molecule has 0 atom stereocenters. The molecule has 4 rings (SSSR count). The molecule has 0 unspecified atom stereocenters. The average Bonchev–Trinajstić information content (AvgIpc) is 3.14. The zero-order chi connectivity index (χ0) is 24.5. The van der Waals surface area contributed by atoms with Crippen molar-refractivity contribution >= 4 is 66.5 Å². The minimum atomic E-state index is -3.79. The number of non-ortho nitro benzene ring substituents is 1. The molecule has 0 fully saturated rings. The molecule has 0 aliphatic carbocycles. The summed E-state index contributed by atoms with van der Waals surface area (Å²) in [7, 11) is -3.79. The lowest BCUT2D eigenvalue weighted by Crippen LogP contribution is -2.31. The van der Waals surface area contributed by atoms with Gasteiger partial charge in [-0.05, 0) is 30.7 Å². The van der Waals surface area contributed by atoms with Crippen LogP contribution in [0.1, 0.15) is 12.8 Å². The average molecular weight is 502 g/mol. The molecule has 0 aliphatic heterocycles. The maximum absolute atomic E-state index is 12.5. The summed E-state index contributed by atoms with van der Waals surface area (Å²) in [6.45, 7) is -0.0737. The summed E-state index contributed by atoms with van der Waals surface area (Å²) < 4.78 is 31.4. The van der Waals surface area contributed by atoms with Gasteiger partial charge >= 0.3 is 0 Å². The van der Waals surface area contributed by atoms with E-state index in [0.29, 0.717) is 11.3 Å². The first kappa shape index (κ1) is 23.5. The van der Waals surface area contributed by atoms with Crippen LogP contribution in [0.2, 0.25) is 5.02 Å². The second-order valence-corrected chi connectivity index (χ2v) is 10.0. The first-order valence-electron chi connectivity index (χ1n) is 10.3. The summed E-state index contributed by atoms with van der Waals surface area (Å²) >= 11 is 6.11. The van der Waals surface area contributed by atoms with Crippen LogP contribution in [0.25, 0.3) is 21.9 Å². The fraction of sp³-hybridized carbons (Fsp3) is 0.174. The topological polar surface area (TPSA) is 123 Å². The van der Waals surface area contributed by atoms with E-state index in [1.165, 1.54) is 12.1 Å². The van der Waals surface area contributed by atoms with Gasteiger partial charge in [0.05, 0.1) is 21.9 Å². The number of rotatable bonds is 8. The molecule has 1 heterocycles. The molecule has 34 heavy (non-hydrogen) atoms. The van der Waals surface area contributed by atoms with Crippen LogP contribution in [0.4, 0.5) is 17.1 Å². The Morgan fingerprint density at radius 3 is 2.56 bits per heavy atom. The smallest absolute Gasteiger partial charge is 0.271 e. The van der Waals surface area contributed by atoms with Crippen molar-refractivity contribution in [1.29, 1.82) is 0 Å². The first-order valence-corrected chi connectivity index (χ1v) is 12.5. The summed E-state index contributed by atoms with van der Waals surface area (Å²) in [5.41, 5.74) is 1.66. The molecular weight excluding hydrogens is 482 g/mol. The lowest BCUT2D eigenvalue weighted by Gasteiger charge is -2.23. The molecule has 0 saturated carbocycles. The number of benzene rings is 3. The van der Waals surface area contributed by atoms with Crippen molar-refractivity contribution in [2.75, 3.05) is 22.4 Å². The van der Waals surface area contributed by atoms with Crippen molar-refractivity contribution in [3.05, 3.63) is 75.8 Å². The van der Waals surface area contributed by atoms with E-state index < -0.39 is 14.9 Å². The third-order valence-corrected chi connectivity index (χ3v) is 6.74. The number of nitrogens with one attached hydrogen (secondary N) is 1. The summed E-state index contributed by atoms with van der Waals surface area (Å²) in [4.78, 5) is 22.9. The number of fused-ring (bicyclic) bond motifs is 3. The van der Waals surface area contributed by atoms with Gasteiger partial charge in [0.1, 0.15) is 11.2 Å². The van der Waals surface area contributed by atoms with Gasteiger partial charge in [0, 0.05) is 47.6 Å². The lowest BCUT2D eigenvalue weighted by molar-refractivity contribution is -0.384. The normalized spacial score (nSPS) is 11.6. The number of halogens is 1. The van der Waals surface area contributed by atoms with Crippen LogP contribution < -0.4 is 9.62 Å². The molecule has 4 aromatic rings. The van der Waals surface area contributed by atoms with Crippen LogP contribution in [0.15, 0.2) is 65.1 Å². The van der Waals surface area contributed by atoms with Gasteiger partial charge in [-0.3, -0.25) is 19.2 Å². The van der Waals surface area contributed by atoms with Crippen molar-refractivity contribution in [1.82, 2.24) is 0 Å². The number of furan rings is 1. The molecule has 176 valence electrons. The van der Waals surface area contributed by atoms with Crippen LogP contribution in [0.5, 0.6) is 0 Å².